The first-order valence-electron chi connectivity index (χ1n) is 11.3. The summed E-state index contributed by atoms with van der Waals surface area (Å²) in [7, 11) is 1.18. The van der Waals surface area contributed by atoms with Gasteiger partial charge >= 0.3 is 18.2 Å². The van der Waals surface area contributed by atoms with Gasteiger partial charge in [0.1, 0.15) is 5.75 Å². The lowest BCUT2D eigenvalue weighted by Crippen LogP contribution is -2.47. The van der Waals surface area contributed by atoms with Gasteiger partial charge in [-0.3, -0.25) is 9.69 Å². The van der Waals surface area contributed by atoms with Gasteiger partial charge in [-0.2, -0.15) is 0 Å². The maximum atomic E-state index is 12.9. The van der Waals surface area contributed by atoms with Crippen molar-refractivity contribution in [3.63, 3.8) is 0 Å². The second-order valence-corrected chi connectivity index (χ2v) is 9.66. The van der Waals surface area contributed by atoms with Crippen LogP contribution in [0.25, 0.3) is 11.1 Å². The van der Waals surface area contributed by atoms with E-state index in [1.807, 2.05) is 0 Å². The van der Waals surface area contributed by atoms with Crippen LogP contribution in [0, 0.1) is 11.3 Å². The van der Waals surface area contributed by atoms with Gasteiger partial charge in [-0.1, -0.05) is 45.0 Å². The summed E-state index contributed by atoms with van der Waals surface area (Å²) in [6, 6.07) is 12.5. The third-order valence-electron chi connectivity index (χ3n) is 6.43. The largest absolute Gasteiger partial charge is 0.573 e. The van der Waals surface area contributed by atoms with Crippen LogP contribution in [0.4, 0.5) is 18.9 Å². The van der Waals surface area contributed by atoms with Crippen molar-refractivity contribution in [2.75, 3.05) is 12.0 Å². The van der Waals surface area contributed by atoms with Crippen LogP contribution >= 0.6 is 0 Å². The van der Waals surface area contributed by atoms with E-state index < -0.39 is 18.2 Å². The number of halogens is 3. The number of benzene rings is 2. The zero-order chi connectivity index (χ0) is 25.1. The smallest absolute Gasteiger partial charge is 0.462 e. The van der Waals surface area contributed by atoms with Crippen molar-refractivity contribution in [2.45, 2.75) is 58.9 Å². The summed E-state index contributed by atoms with van der Waals surface area (Å²) in [6.45, 7) is 6.65. The second kappa shape index (κ2) is 10.1. The molecule has 0 spiro atoms. The summed E-state index contributed by atoms with van der Waals surface area (Å²) in [4.78, 5) is 26.5. The highest BCUT2D eigenvalue weighted by Gasteiger charge is 2.36. The first-order valence-corrected chi connectivity index (χ1v) is 11.3. The molecule has 0 saturated heterocycles. The van der Waals surface area contributed by atoms with Gasteiger partial charge in [-0.25, -0.2) is 4.79 Å². The standard InChI is InChI=1S/C26H30F3NO4/c1-25(2,3)19-9-13-21(14-10-19)30(23(31)24(32)33-4)20-11-5-17(6-12-20)18-7-15-22(16-8-18)34-26(27,28)29/h5-8,11-12,15-16,19,21H,9-10,13-14H2,1-4H3/t19-,21+. The SMILES string of the molecule is COC(=O)C(=O)N(c1ccc(-c2ccc(OC(F)(F)F)cc2)cc1)[C@H]1CC[C@@H](C(C)(C)C)CC1. The molecule has 0 unspecified atom stereocenters. The summed E-state index contributed by atoms with van der Waals surface area (Å²) >= 11 is 0. The van der Waals surface area contributed by atoms with Gasteiger partial charge in [0.05, 0.1) is 7.11 Å². The van der Waals surface area contributed by atoms with Crippen LogP contribution in [0.5, 0.6) is 5.75 Å². The Morgan fingerprint density at radius 1 is 0.853 bits per heavy atom. The van der Waals surface area contributed by atoms with Gasteiger partial charge in [0.2, 0.25) is 0 Å². The summed E-state index contributed by atoms with van der Waals surface area (Å²) in [5.41, 5.74) is 2.21. The number of hydrogen-bond acceptors (Lipinski definition) is 4. The van der Waals surface area contributed by atoms with E-state index in [4.69, 9.17) is 4.74 Å². The van der Waals surface area contributed by atoms with Gasteiger partial charge in [-0.05, 0) is 72.4 Å². The van der Waals surface area contributed by atoms with Crippen LogP contribution in [-0.2, 0) is 14.3 Å². The Labute approximate surface area is 197 Å². The summed E-state index contributed by atoms with van der Waals surface area (Å²) < 4.78 is 45.7. The number of esters is 1. The zero-order valence-corrected chi connectivity index (χ0v) is 19.8. The molecule has 2 aromatic carbocycles. The van der Waals surface area contributed by atoms with E-state index in [0.29, 0.717) is 17.2 Å². The molecule has 0 radical (unpaired) electrons. The predicted octanol–water partition coefficient (Wildman–Crippen LogP) is 6.36. The number of hydrogen-bond donors (Lipinski definition) is 0. The fourth-order valence-corrected chi connectivity index (χ4v) is 4.54. The van der Waals surface area contributed by atoms with Gasteiger partial charge in [0, 0.05) is 11.7 Å². The highest BCUT2D eigenvalue weighted by Crippen LogP contribution is 2.40. The van der Waals surface area contributed by atoms with Crippen molar-refractivity contribution >= 4 is 17.6 Å². The van der Waals surface area contributed by atoms with Crippen molar-refractivity contribution in [1.82, 2.24) is 0 Å². The Hall–Kier alpha value is -3.03. The lowest BCUT2D eigenvalue weighted by molar-refractivity contribution is -0.274. The van der Waals surface area contributed by atoms with E-state index in [1.54, 1.807) is 24.3 Å². The molecule has 2 aromatic rings. The maximum absolute atomic E-state index is 12.9. The van der Waals surface area contributed by atoms with Crippen LogP contribution in [-0.4, -0.2) is 31.4 Å². The number of ether oxygens (including phenoxy) is 2. The third-order valence-corrected chi connectivity index (χ3v) is 6.43. The van der Waals surface area contributed by atoms with Gasteiger partial charge < -0.3 is 9.47 Å². The minimum absolute atomic E-state index is 0.116. The first kappa shape index (κ1) is 25.6. The van der Waals surface area contributed by atoms with Crippen molar-refractivity contribution in [1.29, 1.82) is 0 Å². The van der Waals surface area contributed by atoms with Gasteiger partial charge in [-0.15, -0.1) is 13.2 Å². The van der Waals surface area contributed by atoms with Crippen LogP contribution < -0.4 is 9.64 Å². The number of carbonyl (C=O) groups excluding carboxylic acids is 2. The number of amides is 1. The van der Waals surface area contributed by atoms with E-state index >= 15 is 0 Å². The highest BCUT2D eigenvalue weighted by molar-refractivity contribution is 6.38. The molecular formula is C26H30F3NO4. The zero-order valence-electron chi connectivity index (χ0n) is 19.8. The molecule has 1 amide bonds. The van der Waals surface area contributed by atoms with Crippen LogP contribution in [0.3, 0.4) is 0 Å². The molecule has 1 aliphatic rings. The van der Waals surface area contributed by atoms with Crippen LogP contribution in [0.1, 0.15) is 46.5 Å². The normalized spacial score (nSPS) is 18.8. The van der Waals surface area contributed by atoms with Gasteiger partial charge in [0.25, 0.3) is 0 Å². The summed E-state index contributed by atoms with van der Waals surface area (Å²) in [5.74, 6) is -1.37. The number of carbonyl (C=O) groups is 2. The third kappa shape index (κ3) is 6.30. The Bertz CT molecular complexity index is 987. The van der Waals surface area contributed by atoms with Crippen molar-refractivity contribution in [2.24, 2.45) is 11.3 Å². The minimum Gasteiger partial charge on any atom is -0.462 e. The van der Waals surface area contributed by atoms with E-state index in [0.717, 1.165) is 31.2 Å². The van der Waals surface area contributed by atoms with E-state index in [1.165, 1.54) is 36.3 Å². The molecule has 0 aromatic heterocycles. The first-order chi connectivity index (χ1) is 15.9. The van der Waals surface area contributed by atoms with Crippen molar-refractivity contribution in [3.05, 3.63) is 48.5 Å². The van der Waals surface area contributed by atoms with E-state index in [-0.39, 0.29) is 17.2 Å². The molecule has 184 valence electrons. The molecule has 0 aliphatic heterocycles. The molecule has 0 bridgehead atoms. The topological polar surface area (TPSA) is 55.8 Å². The van der Waals surface area contributed by atoms with Crippen molar-refractivity contribution < 1.29 is 32.2 Å². The molecule has 0 atom stereocenters. The number of rotatable bonds is 4. The molecule has 0 N–H and O–H groups in total. The van der Waals surface area contributed by atoms with E-state index in [9.17, 15) is 22.8 Å². The molecule has 3 rings (SSSR count). The molecule has 0 heterocycles. The Morgan fingerprint density at radius 3 is 1.79 bits per heavy atom. The monoisotopic (exact) mass is 477 g/mol. The Balaban J connectivity index is 1.81. The number of methoxy groups -OCH3 is 1. The molecular weight excluding hydrogens is 447 g/mol. The average Bonchev–Trinajstić information content (AvgIpc) is 2.78. The molecule has 34 heavy (non-hydrogen) atoms. The average molecular weight is 478 g/mol. The predicted molar refractivity (Wildman–Crippen MR) is 123 cm³/mol. The van der Waals surface area contributed by atoms with Gasteiger partial charge in [0.15, 0.2) is 0 Å². The number of alkyl halides is 3. The van der Waals surface area contributed by atoms with Crippen molar-refractivity contribution in [3.8, 4) is 16.9 Å². The van der Waals surface area contributed by atoms with E-state index in [2.05, 4.69) is 25.5 Å². The fraction of sp³-hybridized carbons (Fsp3) is 0.462. The van der Waals surface area contributed by atoms with Crippen LogP contribution in [0.15, 0.2) is 48.5 Å². The van der Waals surface area contributed by atoms with Crippen LogP contribution in [0.2, 0.25) is 0 Å². The molecule has 8 heteroatoms. The summed E-state index contributed by atoms with van der Waals surface area (Å²) in [6.07, 6.45) is -1.25. The quantitative estimate of drug-likeness (QED) is 0.380. The molecule has 1 aliphatic carbocycles. The minimum atomic E-state index is -4.75. The Morgan fingerprint density at radius 2 is 1.35 bits per heavy atom. The second-order valence-electron chi connectivity index (χ2n) is 9.66. The summed E-state index contributed by atoms with van der Waals surface area (Å²) in [5, 5.41) is 0. The molecule has 1 fully saturated rings. The number of nitrogens with zero attached hydrogens (tertiary/aromatic N) is 1. The number of anilines is 1. The lowest BCUT2D eigenvalue weighted by atomic mass is 9.71. The lowest BCUT2D eigenvalue weighted by Gasteiger charge is -2.40. The Kier molecular flexibility index (Phi) is 7.58. The highest BCUT2D eigenvalue weighted by atomic mass is 19.4. The molecule has 5 nitrogen and oxygen atoms in total. The molecule has 1 saturated carbocycles. The fourth-order valence-electron chi connectivity index (χ4n) is 4.54. The maximum Gasteiger partial charge on any atom is 0.573 e.